The predicted octanol–water partition coefficient (Wildman–Crippen LogP) is 8.63. The molecule has 0 amide bonds. The minimum Gasteiger partial charge on any atom is -0.507 e. The number of phenolic OH excluding ortho intramolecular Hbond substituents is 1. The normalized spacial score (nSPS) is 10.3. The van der Waals surface area contributed by atoms with Gasteiger partial charge >= 0.3 is 0 Å². The second kappa shape index (κ2) is 12.1. The summed E-state index contributed by atoms with van der Waals surface area (Å²) in [5, 5.41) is 26.2. The molecule has 3 N–H and O–H groups in total. The fourth-order valence-corrected chi connectivity index (χ4v) is 4.21. The third-order valence-corrected chi connectivity index (χ3v) is 5.88. The van der Waals surface area contributed by atoms with Crippen molar-refractivity contribution in [2.45, 2.75) is 12.7 Å². The van der Waals surface area contributed by atoms with Crippen molar-refractivity contribution in [3.05, 3.63) is 114 Å². The second-order valence-electron chi connectivity index (χ2n) is 7.52. The Labute approximate surface area is 201 Å². The first kappa shape index (κ1) is 25.2. The average molecular weight is 479 g/mol. The van der Waals surface area contributed by atoms with Crippen LogP contribution in [0.5, 0.6) is 5.75 Å². The van der Waals surface area contributed by atoms with Gasteiger partial charge in [0.15, 0.2) is 0 Å². The molecule has 0 aliphatic carbocycles. The summed E-state index contributed by atoms with van der Waals surface area (Å²) in [5.41, 5.74) is 3.04. The molecule has 0 aliphatic heterocycles. The molecule has 5 aromatic rings. The molecule has 174 valence electrons. The van der Waals surface area contributed by atoms with E-state index in [4.69, 9.17) is 10.5 Å². The number of aromatic hydroxyl groups is 1. The number of fused-ring (bicyclic) bond motifs is 2. The van der Waals surface area contributed by atoms with Crippen LogP contribution in [0.15, 0.2) is 97.1 Å². The largest absolute Gasteiger partial charge is 0.507 e. The van der Waals surface area contributed by atoms with E-state index in [-0.39, 0.29) is 11.6 Å². The molecule has 5 rings (SSSR count). The molecule has 0 aliphatic rings. The molecule has 3 nitrogen and oxygen atoms in total. The van der Waals surface area contributed by atoms with Gasteiger partial charge in [-0.05, 0) is 46.3 Å². The summed E-state index contributed by atoms with van der Waals surface area (Å²) in [6.45, 7) is 1.98. The fraction of sp³-hybridized carbons (Fsp3) is 0.0714. The third-order valence-electron chi connectivity index (χ3n) is 5.43. The van der Waals surface area contributed by atoms with Gasteiger partial charge in [-0.15, -0.1) is 0 Å². The van der Waals surface area contributed by atoms with Crippen LogP contribution in [0.1, 0.15) is 11.1 Å². The SMILES string of the molecule is Cc1cc(-c2c(F)ccc3ccccc23)c(O)c2ccccc12.FSCc1ccccc1.OO. The van der Waals surface area contributed by atoms with E-state index in [0.29, 0.717) is 29.0 Å². The Bertz CT molecular complexity index is 1370. The Kier molecular flexibility index (Phi) is 8.99. The van der Waals surface area contributed by atoms with Gasteiger partial charge in [-0.1, -0.05) is 84.9 Å². The molecule has 6 heteroatoms. The third kappa shape index (κ3) is 5.54. The molecule has 0 aromatic heterocycles. The molecule has 5 aromatic carbocycles. The summed E-state index contributed by atoms with van der Waals surface area (Å²) in [5.74, 6) is 0.260. The standard InChI is InChI=1S/C21H15FO.C7H7FS.H2O2/c1-13-12-18(21(23)17-9-5-4-7-15(13)17)20-16-8-3-2-6-14(16)10-11-19(20)22;8-9-6-7-4-2-1-3-5-7;1-2/h2-12,23H,1H3;1-5H,6H2;1-2H. The summed E-state index contributed by atoms with van der Waals surface area (Å²) in [7, 11) is 0. The highest BCUT2D eigenvalue weighted by molar-refractivity contribution is 7.93. The summed E-state index contributed by atoms with van der Waals surface area (Å²) in [6.07, 6.45) is 0. The van der Waals surface area contributed by atoms with Crippen LogP contribution in [-0.4, -0.2) is 15.6 Å². The van der Waals surface area contributed by atoms with Crippen molar-refractivity contribution >= 4 is 33.7 Å². The van der Waals surface area contributed by atoms with Crippen molar-refractivity contribution in [2.75, 3.05) is 0 Å². The zero-order valence-corrected chi connectivity index (χ0v) is 19.3. The van der Waals surface area contributed by atoms with Gasteiger partial charge in [0.05, 0.1) is 5.75 Å². The van der Waals surface area contributed by atoms with Crippen LogP contribution in [0.4, 0.5) is 8.28 Å². The monoisotopic (exact) mass is 478 g/mol. The first-order chi connectivity index (χ1) is 16.6. The number of halogens is 2. The van der Waals surface area contributed by atoms with Gasteiger partial charge in [-0.2, -0.15) is 3.89 Å². The van der Waals surface area contributed by atoms with Crippen molar-refractivity contribution in [3.63, 3.8) is 0 Å². The van der Waals surface area contributed by atoms with E-state index in [2.05, 4.69) is 0 Å². The number of benzene rings is 5. The van der Waals surface area contributed by atoms with Crippen LogP contribution >= 0.6 is 12.1 Å². The van der Waals surface area contributed by atoms with Crippen LogP contribution in [0.25, 0.3) is 32.7 Å². The Morgan fingerprint density at radius 1 is 0.735 bits per heavy atom. The maximum absolute atomic E-state index is 14.6. The number of hydrogen-bond acceptors (Lipinski definition) is 4. The maximum Gasteiger partial charge on any atom is 0.131 e. The molecule has 34 heavy (non-hydrogen) atoms. The van der Waals surface area contributed by atoms with Crippen LogP contribution in [0, 0.1) is 12.7 Å². The molecule has 0 saturated carbocycles. The van der Waals surface area contributed by atoms with E-state index in [1.807, 2.05) is 91.9 Å². The highest BCUT2D eigenvalue weighted by Gasteiger charge is 2.16. The number of phenols is 1. The lowest BCUT2D eigenvalue weighted by Gasteiger charge is -2.14. The minimum absolute atomic E-state index is 0.126. The lowest BCUT2D eigenvalue weighted by Crippen LogP contribution is -1.90. The number of hydrogen-bond donors (Lipinski definition) is 3. The molecule has 0 heterocycles. The van der Waals surface area contributed by atoms with Crippen molar-refractivity contribution < 1.29 is 23.9 Å². The zero-order valence-electron chi connectivity index (χ0n) is 18.5. The van der Waals surface area contributed by atoms with E-state index >= 15 is 0 Å². The first-order valence-corrected chi connectivity index (χ1v) is 11.3. The van der Waals surface area contributed by atoms with Crippen molar-refractivity contribution in [2.24, 2.45) is 0 Å². The van der Waals surface area contributed by atoms with Gasteiger partial charge in [0.1, 0.15) is 11.6 Å². The Hall–Kier alpha value is -3.45. The van der Waals surface area contributed by atoms with Gasteiger partial charge in [0.25, 0.3) is 0 Å². The second-order valence-corrected chi connectivity index (χ2v) is 8.02. The van der Waals surface area contributed by atoms with E-state index in [1.165, 1.54) is 6.07 Å². The van der Waals surface area contributed by atoms with Crippen molar-refractivity contribution in [1.82, 2.24) is 0 Å². The average Bonchev–Trinajstić information content (AvgIpc) is 2.89. The summed E-state index contributed by atoms with van der Waals surface area (Å²) in [4.78, 5) is 0. The molecular weight excluding hydrogens is 454 g/mol. The Morgan fingerprint density at radius 2 is 1.32 bits per heavy atom. The molecule has 0 unspecified atom stereocenters. The van der Waals surface area contributed by atoms with E-state index in [0.717, 1.165) is 32.7 Å². The summed E-state index contributed by atoms with van der Waals surface area (Å²) < 4.78 is 26.2. The highest BCUT2D eigenvalue weighted by Crippen LogP contribution is 2.41. The first-order valence-electron chi connectivity index (χ1n) is 10.5. The quantitative estimate of drug-likeness (QED) is 0.179. The van der Waals surface area contributed by atoms with Gasteiger partial charge in [0, 0.05) is 28.7 Å². The summed E-state index contributed by atoms with van der Waals surface area (Å²) in [6, 6.07) is 29.9. The molecular formula is C28H24F2O3S. The van der Waals surface area contributed by atoms with E-state index in [1.54, 1.807) is 6.07 Å². The fourth-order valence-electron chi connectivity index (χ4n) is 3.89. The van der Waals surface area contributed by atoms with E-state index in [9.17, 15) is 13.4 Å². The Morgan fingerprint density at radius 3 is 2.00 bits per heavy atom. The van der Waals surface area contributed by atoms with E-state index < -0.39 is 0 Å². The molecule has 0 radical (unpaired) electrons. The maximum atomic E-state index is 14.6. The van der Waals surface area contributed by atoms with Gasteiger partial charge in [0.2, 0.25) is 0 Å². The van der Waals surface area contributed by atoms with Gasteiger partial charge in [-0.25, -0.2) is 4.39 Å². The van der Waals surface area contributed by atoms with Crippen molar-refractivity contribution in [1.29, 1.82) is 0 Å². The Balaban J connectivity index is 0.000000248. The van der Waals surface area contributed by atoms with Crippen LogP contribution in [0.3, 0.4) is 0 Å². The van der Waals surface area contributed by atoms with Gasteiger partial charge in [-0.3, -0.25) is 10.5 Å². The molecule has 0 spiro atoms. The molecule has 0 atom stereocenters. The molecule has 0 fully saturated rings. The lowest BCUT2D eigenvalue weighted by molar-refractivity contribution is -0.176. The number of rotatable bonds is 3. The lowest BCUT2D eigenvalue weighted by atomic mass is 9.92. The minimum atomic E-state index is -0.325. The van der Waals surface area contributed by atoms with Crippen LogP contribution in [0.2, 0.25) is 0 Å². The highest BCUT2D eigenvalue weighted by atomic mass is 32.2. The number of aryl methyl sites for hydroxylation is 1. The topological polar surface area (TPSA) is 60.7 Å². The predicted molar refractivity (Wildman–Crippen MR) is 137 cm³/mol. The molecule has 0 saturated heterocycles. The van der Waals surface area contributed by atoms with Crippen molar-refractivity contribution in [3.8, 4) is 16.9 Å². The van der Waals surface area contributed by atoms with Gasteiger partial charge < -0.3 is 5.11 Å². The van der Waals surface area contributed by atoms with Crippen LogP contribution < -0.4 is 0 Å². The smallest absolute Gasteiger partial charge is 0.131 e. The molecule has 0 bridgehead atoms. The van der Waals surface area contributed by atoms with Crippen LogP contribution in [-0.2, 0) is 5.75 Å². The summed E-state index contributed by atoms with van der Waals surface area (Å²) >= 11 is 0.355. The zero-order chi connectivity index (χ0) is 24.5.